The van der Waals surface area contributed by atoms with Crippen LogP contribution >= 0.6 is 0 Å². The number of nitrogens with one attached hydrogen (secondary N) is 1. The van der Waals surface area contributed by atoms with Gasteiger partial charge in [-0.15, -0.1) is 5.10 Å². The molecule has 2 aromatic heterocycles. The lowest BCUT2D eigenvalue weighted by Gasteiger charge is -2.04. The van der Waals surface area contributed by atoms with E-state index in [4.69, 9.17) is 4.52 Å². The van der Waals surface area contributed by atoms with Gasteiger partial charge in [0.25, 0.3) is 0 Å². The summed E-state index contributed by atoms with van der Waals surface area (Å²) in [6.45, 7) is 6.64. The first-order chi connectivity index (χ1) is 8.24. The van der Waals surface area contributed by atoms with Gasteiger partial charge in [0.1, 0.15) is 6.54 Å². The van der Waals surface area contributed by atoms with Crippen LogP contribution in [0.1, 0.15) is 25.3 Å². The van der Waals surface area contributed by atoms with E-state index in [-0.39, 0.29) is 0 Å². The maximum absolute atomic E-state index is 5.01. The van der Waals surface area contributed by atoms with Crippen LogP contribution in [0.15, 0.2) is 23.0 Å². The summed E-state index contributed by atoms with van der Waals surface area (Å²) < 4.78 is 6.75. The summed E-state index contributed by atoms with van der Waals surface area (Å²) in [5.74, 6) is 1.41. The molecule has 2 aromatic rings. The van der Waals surface area contributed by atoms with Gasteiger partial charge in [-0.25, -0.2) is 4.68 Å². The van der Waals surface area contributed by atoms with Crippen LogP contribution in [-0.2, 0) is 13.1 Å². The third-order valence-corrected chi connectivity index (χ3v) is 2.25. The van der Waals surface area contributed by atoms with Crippen molar-refractivity contribution in [3.8, 4) is 0 Å². The largest absolute Gasteiger partial charge is 0.359 e. The van der Waals surface area contributed by atoms with Crippen molar-refractivity contribution in [2.75, 3.05) is 6.54 Å². The van der Waals surface area contributed by atoms with E-state index in [0.29, 0.717) is 12.5 Å². The van der Waals surface area contributed by atoms with Gasteiger partial charge in [0, 0.05) is 12.6 Å². The molecule has 0 aliphatic heterocycles. The second kappa shape index (κ2) is 5.58. The number of hydrogen-bond acceptors (Lipinski definition) is 5. The highest BCUT2D eigenvalue weighted by Gasteiger charge is 2.03. The first kappa shape index (κ1) is 11.8. The van der Waals surface area contributed by atoms with Gasteiger partial charge >= 0.3 is 0 Å². The van der Waals surface area contributed by atoms with Crippen LogP contribution in [0, 0.1) is 5.92 Å². The van der Waals surface area contributed by atoms with E-state index in [0.717, 1.165) is 24.5 Å². The lowest BCUT2D eigenvalue weighted by molar-refractivity contribution is 0.370. The minimum atomic E-state index is 0.567. The molecule has 0 saturated heterocycles. The Kier molecular flexibility index (Phi) is 3.87. The number of hydrogen-bond donors (Lipinski definition) is 1. The number of aromatic nitrogens is 4. The Bertz CT molecular complexity index is 434. The molecule has 6 heteroatoms. The molecule has 0 radical (unpaired) electrons. The summed E-state index contributed by atoms with van der Waals surface area (Å²) in [6, 6.07) is 1.82. The van der Waals surface area contributed by atoms with E-state index in [1.807, 2.05) is 12.3 Å². The fourth-order valence-electron chi connectivity index (χ4n) is 1.47. The molecule has 0 bridgehead atoms. The molecule has 2 heterocycles. The normalized spacial score (nSPS) is 11.2. The highest BCUT2D eigenvalue weighted by molar-refractivity contribution is 4.97. The topological polar surface area (TPSA) is 68.8 Å². The monoisotopic (exact) mass is 235 g/mol. The van der Waals surface area contributed by atoms with E-state index in [9.17, 15) is 0 Å². The summed E-state index contributed by atoms with van der Waals surface area (Å²) in [7, 11) is 0. The van der Waals surface area contributed by atoms with E-state index in [2.05, 4.69) is 34.6 Å². The van der Waals surface area contributed by atoms with Crippen molar-refractivity contribution in [2.45, 2.75) is 26.9 Å². The zero-order chi connectivity index (χ0) is 12.1. The van der Waals surface area contributed by atoms with Gasteiger partial charge in [0.2, 0.25) is 0 Å². The second-order valence-electron chi connectivity index (χ2n) is 4.41. The predicted octanol–water partition coefficient (Wildman–Crippen LogP) is 1.06. The third-order valence-electron chi connectivity index (χ3n) is 2.25. The van der Waals surface area contributed by atoms with Crippen LogP contribution in [0.2, 0.25) is 0 Å². The van der Waals surface area contributed by atoms with Gasteiger partial charge < -0.3 is 9.84 Å². The van der Waals surface area contributed by atoms with Gasteiger partial charge in [-0.1, -0.05) is 24.2 Å². The first-order valence-electron chi connectivity index (χ1n) is 5.73. The van der Waals surface area contributed by atoms with Crippen molar-refractivity contribution in [1.29, 1.82) is 0 Å². The molecule has 0 unspecified atom stereocenters. The lowest BCUT2D eigenvalue weighted by Crippen LogP contribution is -2.19. The van der Waals surface area contributed by atoms with Crippen molar-refractivity contribution in [1.82, 2.24) is 25.5 Å². The Labute approximate surface area is 100.0 Å². The summed E-state index contributed by atoms with van der Waals surface area (Å²) in [5, 5.41) is 15.1. The Morgan fingerprint density at radius 1 is 1.47 bits per heavy atom. The molecular weight excluding hydrogens is 218 g/mol. The minimum Gasteiger partial charge on any atom is -0.359 e. The quantitative estimate of drug-likeness (QED) is 0.810. The molecule has 17 heavy (non-hydrogen) atoms. The Balaban J connectivity index is 1.83. The number of nitrogens with zero attached hydrogens (tertiary/aromatic N) is 4. The van der Waals surface area contributed by atoms with Crippen molar-refractivity contribution >= 4 is 0 Å². The van der Waals surface area contributed by atoms with E-state index >= 15 is 0 Å². The van der Waals surface area contributed by atoms with Crippen LogP contribution in [0.4, 0.5) is 0 Å². The average Bonchev–Trinajstić information content (AvgIpc) is 2.90. The van der Waals surface area contributed by atoms with Gasteiger partial charge in [-0.3, -0.25) is 0 Å². The van der Waals surface area contributed by atoms with Gasteiger partial charge in [0.15, 0.2) is 5.76 Å². The van der Waals surface area contributed by atoms with Crippen molar-refractivity contribution in [3.63, 3.8) is 0 Å². The fourth-order valence-corrected chi connectivity index (χ4v) is 1.47. The molecular formula is C11H17N5O. The highest BCUT2D eigenvalue weighted by Crippen LogP contribution is 2.01. The van der Waals surface area contributed by atoms with Crippen LogP contribution in [0.25, 0.3) is 0 Å². The van der Waals surface area contributed by atoms with Crippen LogP contribution < -0.4 is 5.32 Å². The van der Waals surface area contributed by atoms with E-state index in [1.54, 1.807) is 10.9 Å². The minimum absolute atomic E-state index is 0.567. The van der Waals surface area contributed by atoms with Gasteiger partial charge in [-0.2, -0.15) is 0 Å². The molecule has 0 aromatic carbocycles. The molecule has 0 amide bonds. The molecule has 0 aliphatic rings. The molecule has 92 valence electrons. The van der Waals surface area contributed by atoms with E-state index < -0.39 is 0 Å². The van der Waals surface area contributed by atoms with Crippen molar-refractivity contribution in [2.24, 2.45) is 5.92 Å². The Morgan fingerprint density at radius 3 is 3.06 bits per heavy atom. The van der Waals surface area contributed by atoms with Crippen LogP contribution in [0.3, 0.4) is 0 Å². The summed E-state index contributed by atoms with van der Waals surface area (Å²) in [4.78, 5) is 0. The number of rotatable bonds is 6. The zero-order valence-corrected chi connectivity index (χ0v) is 10.1. The summed E-state index contributed by atoms with van der Waals surface area (Å²) in [5.41, 5.74) is 0.935. The van der Waals surface area contributed by atoms with Crippen LogP contribution in [0.5, 0.6) is 0 Å². The first-order valence-corrected chi connectivity index (χ1v) is 5.73. The third kappa shape index (κ3) is 3.67. The maximum Gasteiger partial charge on any atom is 0.158 e. The van der Waals surface area contributed by atoms with E-state index in [1.165, 1.54) is 0 Å². The highest BCUT2D eigenvalue weighted by atomic mass is 16.5. The molecule has 2 rings (SSSR count). The molecule has 0 spiro atoms. The maximum atomic E-state index is 5.01. The molecule has 0 aliphatic carbocycles. The smallest absolute Gasteiger partial charge is 0.158 e. The standard InChI is InChI=1S/C11H17N5O/c1-9(2)5-12-6-10-7-16(15-14-10)8-11-3-4-13-17-11/h3-4,7,9,12H,5-6,8H2,1-2H3. The van der Waals surface area contributed by atoms with Gasteiger partial charge in [0.05, 0.1) is 18.1 Å². The van der Waals surface area contributed by atoms with Crippen molar-refractivity contribution < 1.29 is 4.52 Å². The predicted molar refractivity (Wildman–Crippen MR) is 62.2 cm³/mol. The molecule has 0 atom stereocenters. The van der Waals surface area contributed by atoms with Crippen molar-refractivity contribution in [3.05, 3.63) is 29.9 Å². The molecule has 6 nitrogen and oxygen atoms in total. The molecule has 1 N–H and O–H groups in total. The fraction of sp³-hybridized carbons (Fsp3) is 0.545. The van der Waals surface area contributed by atoms with Gasteiger partial charge in [-0.05, 0) is 12.5 Å². The molecule has 0 saturated carbocycles. The summed E-state index contributed by atoms with van der Waals surface area (Å²) >= 11 is 0. The lowest BCUT2D eigenvalue weighted by atomic mass is 10.2. The Morgan fingerprint density at radius 2 is 2.35 bits per heavy atom. The zero-order valence-electron chi connectivity index (χ0n) is 10.1. The average molecular weight is 235 g/mol. The Hall–Kier alpha value is -1.69. The summed E-state index contributed by atoms with van der Waals surface area (Å²) in [6.07, 6.45) is 3.53. The molecule has 0 fully saturated rings. The SMILES string of the molecule is CC(C)CNCc1cn(Cc2ccno2)nn1. The van der Waals surface area contributed by atoms with Crippen LogP contribution in [-0.4, -0.2) is 26.7 Å². The second-order valence-corrected chi connectivity index (χ2v) is 4.41.